The van der Waals surface area contributed by atoms with Crippen molar-refractivity contribution in [1.29, 1.82) is 0 Å². The molecule has 1 atom stereocenters. The van der Waals surface area contributed by atoms with Crippen LogP contribution in [0.15, 0.2) is 36.9 Å². The molecule has 0 aliphatic heterocycles. The smallest absolute Gasteiger partial charge is 0.0478 e. The maximum atomic E-state index is 5.83. The van der Waals surface area contributed by atoms with Crippen molar-refractivity contribution in [2.45, 2.75) is 32.2 Å². The van der Waals surface area contributed by atoms with Crippen LogP contribution in [0.1, 0.15) is 36.9 Å². The maximum Gasteiger partial charge on any atom is 0.0478 e. The standard InChI is InChI=1S/C13H19N/c1-3-5-6-11-7-9-12(10-8-11)13(14)4-2/h4,7-10,13H,2-3,5-6,14H2,1H3/t13-/m1/s1. The minimum atomic E-state index is -0.0322. The summed E-state index contributed by atoms with van der Waals surface area (Å²) in [7, 11) is 0. The molecule has 0 fully saturated rings. The third-order valence-corrected chi connectivity index (χ3v) is 2.44. The van der Waals surface area contributed by atoms with Crippen LogP contribution in [0.25, 0.3) is 0 Å². The van der Waals surface area contributed by atoms with Gasteiger partial charge in [-0.05, 0) is 24.0 Å². The molecule has 0 bridgehead atoms. The van der Waals surface area contributed by atoms with Crippen molar-refractivity contribution in [3.05, 3.63) is 48.0 Å². The van der Waals surface area contributed by atoms with Gasteiger partial charge in [0, 0.05) is 6.04 Å². The highest BCUT2D eigenvalue weighted by Gasteiger charge is 2.00. The van der Waals surface area contributed by atoms with Gasteiger partial charge in [-0.15, -0.1) is 6.58 Å². The predicted octanol–water partition coefficient (Wildman–Crippen LogP) is 3.22. The molecule has 0 spiro atoms. The Morgan fingerprint density at radius 3 is 2.50 bits per heavy atom. The van der Waals surface area contributed by atoms with E-state index in [4.69, 9.17) is 5.73 Å². The van der Waals surface area contributed by atoms with E-state index in [2.05, 4.69) is 37.8 Å². The molecule has 0 saturated heterocycles. The SMILES string of the molecule is C=C[C@@H](N)c1ccc(CCCC)cc1. The summed E-state index contributed by atoms with van der Waals surface area (Å²) in [4.78, 5) is 0. The Morgan fingerprint density at radius 2 is 2.00 bits per heavy atom. The summed E-state index contributed by atoms with van der Waals surface area (Å²) >= 11 is 0. The van der Waals surface area contributed by atoms with E-state index >= 15 is 0 Å². The van der Waals surface area contributed by atoms with E-state index in [0.29, 0.717) is 0 Å². The highest BCUT2D eigenvalue weighted by Crippen LogP contribution is 2.13. The average molecular weight is 189 g/mol. The lowest BCUT2D eigenvalue weighted by molar-refractivity contribution is 0.793. The van der Waals surface area contributed by atoms with E-state index < -0.39 is 0 Å². The Kier molecular flexibility index (Phi) is 4.41. The zero-order valence-electron chi connectivity index (χ0n) is 8.87. The lowest BCUT2D eigenvalue weighted by Crippen LogP contribution is -2.06. The second kappa shape index (κ2) is 5.61. The number of aryl methyl sites for hydroxylation is 1. The van der Waals surface area contributed by atoms with Gasteiger partial charge in [0.05, 0.1) is 0 Å². The van der Waals surface area contributed by atoms with Crippen LogP contribution in [0, 0.1) is 0 Å². The fourth-order valence-corrected chi connectivity index (χ4v) is 1.42. The van der Waals surface area contributed by atoms with Crippen molar-refractivity contribution in [2.24, 2.45) is 5.73 Å². The molecule has 0 radical (unpaired) electrons. The van der Waals surface area contributed by atoms with Crippen molar-refractivity contribution >= 4 is 0 Å². The van der Waals surface area contributed by atoms with Crippen molar-refractivity contribution in [3.63, 3.8) is 0 Å². The Labute approximate surface area is 86.6 Å². The maximum absolute atomic E-state index is 5.83. The molecule has 0 heterocycles. The highest BCUT2D eigenvalue weighted by molar-refractivity contribution is 5.26. The second-order valence-corrected chi connectivity index (χ2v) is 3.61. The minimum absolute atomic E-state index is 0.0322. The van der Waals surface area contributed by atoms with Crippen LogP contribution >= 0.6 is 0 Å². The molecule has 14 heavy (non-hydrogen) atoms. The van der Waals surface area contributed by atoms with Crippen LogP contribution in [0.3, 0.4) is 0 Å². The first kappa shape index (κ1) is 11.0. The van der Waals surface area contributed by atoms with E-state index in [-0.39, 0.29) is 6.04 Å². The monoisotopic (exact) mass is 189 g/mol. The fourth-order valence-electron chi connectivity index (χ4n) is 1.42. The largest absolute Gasteiger partial charge is 0.321 e. The first-order valence-corrected chi connectivity index (χ1v) is 5.25. The Balaban J connectivity index is 2.63. The van der Waals surface area contributed by atoms with E-state index in [1.54, 1.807) is 6.08 Å². The zero-order chi connectivity index (χ0) is 10.4. The molecule has 1 aromatic rings. The van der Waals surface area contributed by atoms with Crippen molar-refractivity contribution in [3.8, 4) is 0 Å². The van der Waals surface area contributed by atoms with Crippen LogP contribution in [-0.2, 0) is 6.42 Å². The summed E-state index contributed by atoms with van der Waals surface area (Å²) < 4.78 is 0. The fraction of sp³-hybridized carbons (Fsp3) is 0.385. The Hall–Kier alpha value is -1.08. The van der Waals surface area contributed by atoms with Crippen molar-refractivity contribution < 1.29 is 0 Å². The van der Waals surface area contributed by atoms with Gasteiger partial charge in [0.25, 0.3) is 0 Å². The Bertz CT molecular complexity index is 274. The summed E-state index contributed by atoms with van der Waals surface area (Å²) in [6, 6.07) is 8.48. The van der Waals surface area contributed by atoms with Gasteiger partial charge in [-0.3, -0.25) is 0 Å². The van der Waals surface area contributed by atoms with E-state index in [9.17, 15) is 0 Å². The molecule has 1 aromatic carbocycles. The molecule has 0 aliphatic carbocycles. The molecular weight excluding hydrogens is 170 g/mol. The summed E-state index contributed by atoms with van der Waals surface area (Å²) in [5, 5.41) is 0. The minimum Gasteiger partial charge on any atom is -0.321 e. The van der Waals surface area contributed by atoms with Gasteiger partial charge in [0.15, 0.2) is 0 Å². The van der Waals surface area contributed by atoms with Gasteiger partial charge in [-0.25, -0.2) is 0 Å². The van der Waals surface area contributed by atoms with Crippen LogP contribution in [0.4, 0.5) is 0 Å². The van der Waals surface area contributed by atoms with Crippen LogP contribution in [0.2, 0.25) is 0 Å². The molecular formula is C13H19N. The van der Waals surface area contributed by atoms with Crippen LogP contribution < -0.4 is 5.73 Å². The summed E-state index contributed by atoms with van der Waals surface area (Å²) in [5.41, 5.74) is 8.36. The number of hydrogen-bond donors (Lipinski definition) is 1. The topological polar surface area (TPSA) is 26.0 Å². The molecule has 0 aliphatic rings. The lowest BCUT2D eigenvalue weighted by Gasteiger charge is -2.07. The molecule has 1 heteroatoms. The molecule has 1 nitrogen and oxygen atoms in total. The molecule has 0 unspecified atom stereocenters. The zero-order valence-corrected chi connectivity index (χ0v) is 8.87. The Morgan fingerprint density at radius 1 is 1.36 bits per heavy atom. The molecule has 0 amide bonds. The summed E-state index contributed by atoms with van der Waals surface area (Å²) in [6.07, 6.45) is 5.43. The van der Waals surface area contributed by atoms with Gasteiger partial charge in [-0.1, -0.05) is 43.7 Å². The van der Waals surface area contributed by atoms with Crippen LogP contribution in [-0.4, -0.2) is 0 Å². The average Bonchev–Trinajstić information content (AvgIpc) is 2.26. The third-order valence-electron chi connectivity index (χ3n) is 2.44. The predicted molar refractivity (Wildman–Crippen MR) is 62.2 cm³/mol. The molecule has 76 valence electrons. The normalized spacial score (nSPS) is 12.4. The van der Waals surface area contributed by atoms with Crippen LogP contribution in [0.5, 0.6) is 0 Å². The summed E-state index contributed by atoms with van der Waals surface area (Å²) in [6.45, 7) is 5.89. The quantitative estimate of drug-likeness (QED) is 0.707. The number of benzene rings is 1. The summed E-state index contributed by atoms with van der Waals surface area (Å²) in [5.74, 6) is 0. The van der Waals surface area contributed by atoms with E-state index in [1.165, 1.54) is 24.8 Å². The first-order valence-electron chi connectivity index (χ1n) is 5.25. The molecule has 0 saturated carbocycles. The third kappa shape index (κ3) is 3.00. The lowest BCUT2D eigenvalue weighted by atomic mass is 10.0. The van der Waals surface area contributed by atoms with Gasteiger partial charge >= 0.3 is 0 Å². The number of rotatable bonds is 5. The first-order chi connectivity index (χ1) is 6.77. The van der Waals surface area contributed by atoms with E-state index in [1.807, 2.05) is 0 Å². The highest BCUT2D eigenvalue weighted by atomic mass is 14.6. The molecule has 1 rings (SSSR count). The molecule has 2 N–H and O–H groups in total. The van der Waals surface area contributed by atoms with Crippen molar-refractivity contribution in [1.82, 2.24) is 0 Å². The second-order valence-electron chi connectivity index (χ2n) is 3.61. The molecule has 0 aromatic heterocycles. The van der Waals surface area contributed by atoms with Crippen molar-refractivity contribution in [2.75, 3.05) is 0 Å². The van der Waals surface area contributed by atoms with Gasteiger partial charge in [0.1, 0.15) is 0 Å². The van der Waals surface area contributed by atoms with Gasteiger partial charge in [0.2, 0.25) is 0 Å². The van der Waals surface area contributed by atoms with Gasteiger partial charge < -0.3 is 5.73 Å². The van der Waals surface area contributed by atoms with E-state index in [0.717, 1.165) is 5.56 Å². The van der Waals surface area contributed by atoms with Gasteiger partial charge in [-0.2, -0.15) is 0 Å². The number of hydrogen-bond acceptors (Lipinski definition) is 1. The number of unbranched alkanes of at least 4 members (excludes halogenated alkanes) is 1. The number of nitrogens with two attached hydrogens (primary N) is 1.